The number of rotatable bonds is 6. The van der Waals surface area contributed by atoms with Crippen LogP contribution in [0.25, 0.3) is 11.1 Å². The zero-order valence-corrected chi connectivity index (χ0v) is 16.3. The van der Waals surface area contributed by atoms with Crippen molar-refractivity contribution in [3.05, 3.63) is 69.9 Å². The molecule has 0 aliphatic heterocycles. The Balaban J connectivity index is 2.13. The van der Waals surface area contributed by atoms with Crippen molar-refractivity contribution in [3.8, 4) is 22.9 Å². The fraction of sp³-hybridized carbons (Fsp3) is 0.238. The molecule has 0 aliphatic rings. The third kappa shape index (κ3) is 4.04. The predicted molar refractivity (Wildman–Crippen MR) is 106 cm³/mol. The molecule has 1 atom stereocenters. The van der Waals surface area contributed by atoms with E-state index in [9.17, 15) is 20.0 Å². The standard InChI is InChI=1S/C21H20N4O4/c1-13-4-5-14(11-22)16(8-13)17-10-20(26)25(12-19(17)29-3)18(21(27)28)9-15-6-7-24(2)23-15/h4-8,10,12,18H,9H2,1-3H3,(H,27,28). The number of nitriles is 1. The molecule has 0 saturated carbocycles. The normalized spacial score (nSPS) is 11.7. The molecule has 148 valence electrons. The third-order valence-corrected chi connectivity index (χ3v) is 4.64. The van der Waals surface area contributed by atoms with Gasteiger partial charge in [-0.15, -0.1) is 0 Å². The Morgan fingerprint density at radius 2 is 2.07 bits per heavy atom. The number of carboxylic acid groups (broad SMARTS) is 1. The van der Waals surface area contributed by atoms with Gasteiger partial charge >= 0.3 is 5.97 Å². The first kappa shape index (κ1) is 19.9. The van der Waals surface area contributed by atoms with Crippen molar-refractivity contribution < 1.29 is 14.6 Å². The summed E-state index contributed by atoms with van der Waals surface area (Å²) in [5, 5.41) is 23.3. The number of benzene rings is 1. The number of carbonyl (C=O) groups is 1. The number of nitrogens with zero attached hydrogens (tertiary/aromatic N) is 4. The maximum Gasteiger partial charge on any atom is 0.327 e. The Morgan fingerprint density at radius 1 is 1.31 bits per heavy atom. The second-order valence-electron chi connectivity index (χ2n) is 6.70. The van der Waals surface area contributed by atoms with Crippen molar-refractivity contribution in [2.45, 2.75) is 19.4 Å². The van der Waals surface area contributed by atoms with Crippen molar-refractivity contribution in [1.82, 2.24) is 14.3 Å². The van der Waals surface area contributed by atoms with Crippen LogP contribution >= 0.6 is 0 Å². The van der Waals surface area contributed by atoms with E-state index in [-0.39, 0.29) is 6.42 Å². The van der Waals surface area contributed by atoms with E-state index in [2.05, 4.69) is 11.2 Å². The van der Waals surface area contributed by atoms with Crippen LogP contribution in [0, 0.1) is 18.3 Å². The summed E-state index contributed by atoms with van der Waals surface area (Å²) in [5.74, 6) is -0.847. The van der Waals surface area contributed by atoms with E-state index in [1.54, 1.807) is 36.1 Å². The van der Waals surface area contributed by atoms with Crippen LogP contribution in [0.4, 0.5) is 0 Å². The summed E-state index contributed by atoms with van der Waals surface area (Å²) >= 11 is 0. The van der Waals surface area contributed by atoms with Gasteiger partial charge in [0.05, 0.1) is 30.6 Å². The maximum atomic E-state index is 12.8. The summed E-state index contributed by atoms with van der Waals surface area (Å²) in [6.07, 6.45) is 3.14. The van der Waals surface area contributed by atoms with E-state index in [4.69, 9.17) is 4.74 Å². The largest absolute Gasteiger partial charge is 0.495 e. The van der Waals surface area contributed by atoms with Gasteiger partial charge in [-0.3, -0.25) is 14.0 Å². The molecule has 0 spiro atoms. The first-order valence-corrected chi connectivity index (χ1v) is 8.86. The molecule has 0 bridgehead atoms. The van der Waals surface area contributed by atoms with Crippen LogP contribution in [0.1, 0.15) is 22.9 Å². The number of ether oxygens (including phenoxy) is 1. The van der Waals surface area contributed by atoms with E-state index in [1.807, 2.05) is 13.0 Å². The summed E-state index contributed by atoms with van der Waals surface area (Å²) < 4.78 is 8.13. The average Bonchev–Trinajstić information content (AvgIpc) is 3.11. The van der Waals surface area contributed by atoms with E-state index in [0.717, 1.165) is 10.1 Å². The van der Waals surface area contributed by atoms with Gasteiger partial charge in [-0.05, 0) is 25.1 Å². The van der Waals surface area contributed by atoms with Crippen LogP contribution in [-0.2, 0) is 18.3 Å². The van der Waals surface area contributed by atoms with Crippen molar-refractivity contribution >= 4 is 5.97 Å². The molecule has 3 rings (SSSR count). The molecule has 29 heavy (non-hydrogen) atoms. The molecule has 8 heteroatoms. The number of aryl methyl sites for hydroxylation is 2. The molecular weight excluding hydrogens is 372 g/mol. The van der Waals surface area contributed by atoms with Gasteiger partial charge in [-0.25, -0.2) is 4.79 Å². The van der Waals surface area contributed by atoms with Gasteiger partial charge in [-0.1, -0.05) is 11.6 Å². The minimum atomic E-state index is -1.15. The molecule has 0 aliphatic carbocycles. The fourth-order valence-corrected chi connectivity index (χ4v) is 3.20. The van der Waals surface area contributed by atoms with E-state index in [1.165, 1.54) is 19.4 Å². The zero-order valence-electron chi connectivity index (χ0n) is 16.3. The van der Waals surface area contributed by atoms with Crippen molar-refractivity contribution in [3.63, 3.8) is 0 Å². The summed E-state index contributed by atoms with van der Waals surface area (Å²) in [6, 6.07) is 9.26. The number of hydrogen-bond donors (Lipinski definition) is 1. The second kappa shape index (κ2) is 8.02. The number of aliphatic carboxylic acids is 1. The molecule has 8 nitrogen and oxygen atoms in total. The number of carboxylic acids is 1. The van der Waals surface area contributed by atoms with Crippen LogP contribution in [0.15, 0.2) is 47.5 Å². The van der Waals surface area contributed by atoms with Gasteiger partial charge in [0.25, 0.3) is 5.56 Å². The fourth-order valence-electron chi connectivity index (χ4n) is 3.20. The van der Waals surface area contributed by atoms with E-state index in [0.29, 0.717) is 28.1 Å². The lowest BCUT2D eigenvalue weighted by Crippen LogP contribution is -2.31. The van der Waals surface area contributed by atoms with Crippen LogP contribution in [-0.4, -0.2) is 32.5 Å². The summed E-state index contributed by atoms with van der Waals surface area (Å²) in [7, 11) is 3.17. The summed E-state index contributed by atoms with van der Waals surface area (Å²) in [6.45, 7) is 1.88. The Morgan fingerprint density at radius 3 is 2.66 bits per heavy atom. The number of methoxy groups -OCH3 is 1. The molecule has 3 aromatic rings. The highest BCUT2D eigenvalue weighted by atomic mass is 16.5. The lowest BCUT2D eigenvalue weighted by molar-refractivity contribution is -0.141. The van der Waals surface area contributed by atoms with Crippen molar-refractivity contribution in [2.24, 2.45) is 7.05 Å². The Bertz CT molecular complexity index is 1170. The number of aromatic nitrogens is 3. The summed E-state index contributed by atoms with van der Waals surface area (Å²) in [4.78, 5) is 24.7. The van der Waals surface area contributed by atoms with Gasteiger partial charge < -0.3 is 9.84 Å². The van der Waals surface area contributed by atoms with E-state index < -0.39 is 17.6 Å². The van der Waals surface area contributed by atoms with Gasteiger partial charge in [0.1, 0.15) is 11.8 Å². The molecular formula is C21H20N4O4. The highest BCUT2D eigenvalue weighted by Gasteiger charge is 2.24. The molecule has 2 heterocycles. The molecule has 2 aromatic heterocycles. The number of pyridine rings is 1. The lowest BCUT2D eigenvalue weighted by atomic mass is 9.98. The van der Waals surface area contributed by atoms with Crippen LogP contribution in [0.5, 0.6) is 5.75 Å². The minimum absolute atomic E-state index is 0.0481. The quantitative estimate of drug-likeness (QED) is 0.689. The maximum absolute atomic E-state index is 12.8. The van der Waals surface area contributed by atoms with Crippen LogP contribution in [0.2, 0.25) is 0 Å². The second-order valence-corrected chi connectivity index (χ2v) is 6.70. The number of hydrogen-bond acceptors (Lipinski definition) is 5. The van der Waals surface area contributed by atoms with Gasteiger partial charge in [0.15, 0.2) is 0 Å². The highest BCUT2D eigenvalue weighted by molar-refractivity contribution is 5.77. The molecule has 0 amide bonds. The van der Waals surface area contributed by atoms with Crippen molar-refractivity contribution in [2.75, 3.05) is 7.11 Å². The Hall–Kier alpha value is -3.86. The minimum Gasteiger partial charge on any atom is -0.495 e. The monoisotopic (exact) mass is 392 g/mol. The van der Waals surface area contributed by atoms with Gasteiger partial charge in [0.2, 0.25) is 0 Å². The highest BCUT2D eigenvalue weighted by Crippen LogP contribution is 2.32. The molecule has 0 fully saturated rings. The molecule has 0 radical (unpaired) electrons. The third-order valence-electron chi connectivity index (χ3n) is 4.64. The lowest BCUT2D eigenvalue weighted by Gasteiger charge is -2.18. The van der Waals surface area contributed by atoms with Crippen molar-refractivity contribution in [1.29, 1.82) is 5.26 Å². The Labute approximate surface area is 167 Å². The SMILES string of the molecule is COc1cn(C(Cc2ccn(C)n2)C(=O)O)c(=O)cc1-c1cc(C)ccc1C#N. The van der Waals surface area contributed by atoms with Crippen LogP contribution < -0.4 is 10.3 Å². The smallest absolute Gasteiger partial charge is 0.327 e. The topological polar surface area (TPSA) is 110 Å². The van der Waals surface area contributed by atoms with Gasteiger partial charge in [0, 0.05) is 36.9 Å². The molecule has 1 unspecified atom stereocenters. The molecule has 1 N–H and O–H groups in total. The average molecular weight is 392 g/mol. The first-order chi connectivity index (χ1) is 13.8. The molecule has 1 aromatic carbocycles. The van der Waals surface area contributed by atoms with Gasteiger partial charge in [-0.2, -0.15) is 10.4 Å². The summed E-state index contributed by atoms with van der Waals surface area (Å²) in [5.41, 5.74) is 2.37. The first-order valence-electron chi connectivity index (χ1n) is 8.86. The molecule has 0 saturated heterocycles. The zero-order chi connectivity index (χ0) is 21.1. The van der Waals surface area contributed by atoms with Crippen LogP contribution in [0.3, 0.4) is 0 Å². The Kier molecular flexibility index (Phi) is 5.50. The van der Waals surface area contributed by atoms with E-state index >= 15 is 0 Å². The predicted octanol–water partition coefficient (Wildman–Crippen LogP) is 2.31.